The Labute approximate surface area is 141 Å². The van der Waals surface area contributed by atoms with E-state index < -0.39 is 0 Å². The highest BCUT2D eigenvalue weighted by atomic mass is 16.2. The minimum Gasteiger partial charge on any atom is -0.351 e. The molecule has 1 N–H and O–H groups in total. The number of rotatable bonds is 6. The second-order valence-corrected chi connectivity index (χ2v) is 6.05. The lowest BCUT2D eigenvalue weighted by Crippen LogP contribution is -2.26. The second kappa shape index (κ2) is 7.25. The fourth-order valence-electron chi connectivity index (χ4n) is 2.83. The quantitative estimate of drug-likeness (QED) is 0.709. The van der Waals surface area contributed by atoms with Crippen molar-refractivity contribution in [2.24, 2.45) is 0 Å². The van der Waals surface area contributed by atoms with Gasteiger partial charge in [0.15, 0.2) is 5.65 Å². The van der Waals surface area contributed by atoms with E-state index in [1.807, 2.05) is 26.0 Å². The maximum absolute atomic E-state index is 12.4. The van der Waals surface area contributed by atoms with E-state index in [0.29, 0.717) is 12.2 Å². The SMILES string of the molecule is Cc1cc(C)c2ncc(C(=O)NCCCCc3ccccc3)n2n1. The molecule has 0 aliphatic carbocycles. The van der Waals surface area contributed by atoms with E-state index in [2.05, 4.69) is 39.7 Å². The van der Waals surface area contributed by atoms with Crippen LogP contribution >= 0.6 is 0 Å². The molecule has 5 nitrogen and oxygen atoms in total. The molecular formula is C19H22N4O. The highest BCUT2D eigenvalue weighted by Crippen LogP contribution is 2.11. The molecule has 0 saturated carbocycles. The Morgan fingerprint density at radius 1 is 1.17 bits per heavy atom. The van der Waals surface area contributed by atoms with Gasteiger partial charge in [-0.2, -0.15) is 5.10 Å². The first-order valence-corrected chi connectivity index (χ1v) is 8.29. The molecule has 0 spiro atoms. The van der Waals surface area contributed by atoms with Crippen LogP contribution in [0.4, 0.5) is 0 Å². The van der Waals surface area contributed by atoms with Crippen molar-refractivity contribution in [3.63, 3.8) is 0 Å². The molecule has 3 rings (SSSR count). The highest BCUT2D eigenvalue weighted by Gasteiger charge is 2.14. The molecule has 0 atom stereocenters. The van der Waals surface area contributed by atoms with Gasteiger partial charge in [0.25, 0.3) is 5.91 Å². The predicted octanol–water partition coefficient (Wildman–Crippen LogP) is 3.10. The molecule has 0 radical (unpaired) electrons. The molecule has 3 aromatic rings. The number of carbonyl (C=O) groups excluding carboxylic acids is 1. The Hall–Kier alpha value is -2.69. The van der Waals surface area contributed by atoms with Gasteiger partial charge in [0.05, 0.1) is 11.9 Å². The minimum absolute atomic E-state index is 0.125. The zero-order valence-electron chi connectivity index (χ0n) is 14.1. The lowest BCUT2D eigenvalue weighted by atomic mass is 10.1. The molecule has 5 heteroatoms. The first kappa shape index (κ1) is 16.2. The van der Waals surface area contributed by atoms with E-state index >= 15 is 0 Å². The standard InChI is InChI=1S/C19H22N4O/c1-14-12-15(2)22-23-17(13-21-18(14)23)19(24)20-11-7-6-10-16-8-4-3-5-9-16/h3-5,8-9,12-13H,6-7,10-11H2,1-2H3,(H,20,24). The van der Waals surface area contributed by atoms with Crippen molar-refractivity contribution in [3.8, 4) is 0 Å². The zero-order valence-corrected chi connectivity index (χ0v) is 14.1. The number of imidazole rings is 1. The number of aryl methyl sites for hydroxylation is 3. The van der Waals surface area contributed by atoms with Crippen molar-refractivity contribution in [3.05, 3.63) is 65.1 Å². The van der Waals surface area contributed by atoms with Crippen molar-refractivity contribution in [1.82, 2.24) is 19.9 Å². The summed E-state index contributed by atoms with van der Waals surface area (Å²) in [4.78, 5) is 16.7. The lowest BCUT2D eigenvalue weighted by molar-refractivity contribution is 0.0946. The van der Waals surface area contributed by atoms with Crippen molar-refractivity contribution < 1.29 is 4.79 Å². The fourth-order valence-corrected chi connectivity index (χ4v) is 2.83. The number of carbonyl (C=O) groups is 1. The van der Waals surface area contributed by atoms with E-state index in [0.717, 1.165) is 36.2 Å². The number of fused-ring (bicyclic) bond motifs is 1. The topological polar surface area (TPSA) is 59.3 Å². The van der Waals surface area contributed by atoms with Crippen LogP contribution in [0.5, 0.6) is 0 Å². The summed E-state index contributed by atoms with van der Waals surface area (Å²) >= 11 is 0. The van der Waals surface area contributed by atoms with Gasteiger partial charge < -0.3 is 5.32 Å². The van der Waals surface area contributed by atoms with Crippen molar-refractivity contribution in [1.29, 1.82) is 0 Å². The summed E-state index contributed by atoms with van der Waals surface area (Å²) < 4.78 is 1.63. The Bertz CT molecular complexity index is 839. The molecule has 0 aliphatic heterocycles. The van der Waals surface area contributed by atoms with Crippen LogP contribution in [0.2, 0.25) is 0 Å². The van der Waals surface area contributed by atoms with Gasteiger partial charge in [-0.15, -0.1) is 0 Å². The Morgan fingerprint density at radius 3 is 2.75 bits per heavy atom. The molecule has 0 aliphatic rings. The molecule has 1 amide bonds. The predicted molar refractivity (Wildman–Crippen MR) is 94.2 cm³/mol. The van der Waals surface area contributed by atoms with Crippen LogP contribution in [-0.4, -0.2) is 27.0 Å². The number of unbranched alkanes of at least 4 members (excludes halogenated alkanes) is 1. The van der Waals surface area contributed by atoms with E-state index in [1.54, 1.807) is 10.7 Å². The smallest absolute Gasteiger partial charge is 0.271 e. The molecule has 0 bridgehead atoms. The number of nitrogens with one attached hydrogen (secondary N) is 1. The highest BCUT2D eigenvalue weighted by molar-refractivity contribution is 5.93. The van der Waals surface area contributed by atoms with Crippen molar-refractivity contribution in [2.45, 2.75) is 33.1 Å². The number of amides is 1. The molecule has 24 heavy (non-hydrogen) atoms. The van der Waals surface area contributed by atoms with Gasteiger partial charge >= 0.3 is 0 Å². The van der Waals surface area contributed by atoms with E-state index in [4.69, 9.17) is 0 Å². The molecule has 1 aromatic carbocycles. The molecule has 0 saturated heterocycles. The summed E-state index contributed by atoms with van der Waals surface area (Å²) in [5.41, 5.74) is 4.44. The number of benzene rings is 1. The monoisotopic (exact) mass is 322 g/mol. The number of aromatic nitrogens is 3. The number of nitrogens with zero attached hydrogens (tertiary/aromatic N) is 3. The first-order valence-electron chi connectivity index (χ1n) is 8.29. The van der Waals surface area contributed by atoms with Crippen LogP contribution in [0.1, 0.15) is 40.2 Å². The average molecular weight is 322 g/mol. The third-order valence-electron chi connectivity index (χ3n) is 4.03. The largest absolute Gasteiger partial charge is 0.351 e. The van der Waals surface area contributed by atoms with Gasteiger partial charge in [0.1, 0.15) is 5.69 Å². The van der Waals surface area contributed by atoms with Crippen LogP contribution in [0.15, 0.2) is 42.6 Å². The van der Waals surface area contributed by atoms with Gasteiger partial charge in [-0.25, -0.2) is 9.50 Å². The minimum atomic E-state index is -0.125. The van der Waals surface area contributed by atoms with Crippen LogP contribution < -0.4 is 5.32 Å². The van der Waals surface area contributed by atoms with Gasteiger partial charge in [0.2, 0.25) is 0 Å². The normalized spacial score (nSPS) is 10.9. The third kappa shape index (κ3) is 3.62. The van der Waals surface area contributed by atoms with Crippen molar-refractivity contribution in [2.75, 3.05) is 6.54 Å². The maximum atomic E-state index is 12.4. The Balaban J connectivity index is 1.54. The van der Waals surface area contributed by atoms with Crippen LogP contribution in [0, 0.1) is 13.8 Å². The van der Waals surface area contributed by atoms with E-state index in [-0.39, 0.29) is 5.91 Å². The average Bonchev–Trinajstić information content (AvgIpc) is 2.99. The maximum Gasteiger partial charge on any atom is 0.271 e. The molecular weight excluding hydrogens is 300 g/mol. The zero-order chi connectivity index (χ0) is 16.9. The van der Waals surface area contributed by atoms with Crippen LogP contribution in [0.3, 0.4) is 0 Å². The van der Waals surface area contributed by atoms with Crippen LogP contribution in [-0.2, 0) is 6.42 Å². The summed E-state index contributed by atoms with van der Waals surface area (Å²) in [6, 6.07) is 12.4. The number of hydrogen-bond donors (Lipinski definition) is 1. The van der Waals surface area contributed by atoms with Gasteiger partial charge in [0, 0.05) is 6.54 Å². The summed E-state index contributed by atoms with van der Waals surface area (Å²) in [5.74, 6) is -0.125. The molecule has 124 valence electrons. The summed E-state index contributed by atoms with van der Waals surface area (Å²) in [5, 5.41) is 7.36. The first-order chi connectivity index (χ1) is 11.6. The molecule has 2 aromatic heterocycles. The lowest BCUT2D eigenvalue weighted by Gasteiger charge is -2.06. The second-order valence-electron chi connectivity index (χ2n) is 6.05. The van der Waals surface area contributed by atoms with Gasteiger partial charge in [-0.1, -0.05) is 30.3 Å². The summed E-state index contributed by atoms with van der Waals surface area (Å²) in [6.07, 6.45) is 4.62. The summed E-state index contributed by atoms with van der Waals surface area (Å²) in [7, 11) is 0. The van der Waals surface area contributed by atoms with Crippen molar-refractivity contribution >= 4 is 11.6 Å². The Morgan fingerprint density at radius 2 is 1.96 bits per heavy atom. The van der Waals surface area contributed by atoms with Gasteiger partial charge in [-0.3, -0.25) is 4.79 Å². The third-order valence-corrected chi connectivity index (χ3v) is 4.03. The van der Waals surface area contributed by atoms with E-state index in [1.165, 1.54) is 5.56 Å². The van der Waals surface area contributed by atoms with Gasteiger partial charge in [-0.05, 0) is 50.3 Å². The summed E-state index contributed by atoms with van der Waals surface area (Å²) in [6.45, 7) is 4.55. The number of hydrogen-bond acceptors (Lipinski definition) is 3. The molecule has 2 heterocycles. The van der Waals surface area contributed by atoms with Crippen LogP contribution in [0.25, 0.3) is 5.65 Å². The van der Waals surface area contributed by atoms with E-state index in [9.17, 15) is 4.79 Å². The molecule has 0 unspecified atom stereocenters. The molecule has 0 fully saturated rings. The fraction of sp³-hybridized carbons (Fsp3) is 0.316. The Kier molecular flexibility index (Phi) is 4.89.